The van der Waals surface area contributed by atoms with Crippen molar-refractivity contribution in [3.63, 3.8) is 0 Å². The van der Waals surface area contributed by atoms with E-state index in [-0.39, 0.29) is 11.9 Å². The zero-order valence-corrected chi connectivity index (χ0v) is 16.7. The molecule has 3 aromatic rings. The number of nitrogens with zero attached hydrogens (tertiary/aromatic N) is 5. The Morgan fingerprint density at radius 3 is 2.75 bits per heavy atom. The minimum atomic E-state index is -0.0488. The molecule has 0 saturated carbocycles. The van der Waals surface area contributed by atoms with Crippen LogP contribution in [0.5, 0.6) is 0 Å². The summed E-state index contributed by atoms with van der Waals surface area (Å²) in [4.78, 5) is 33.0. The van der Waals surface area contributed by atoms with E-state index in [1.807, 2.05) is 48.2 Å². The summed E-state index contributed by atoms with van der Waals surface area (Å²) in [5.74, 6) is 2.37. The third-order valence-corrected chi connectivity index (χ3v) is 5.07. The number of carbonyl (C=O) groups is 1. The molecule has 0 saturated heterocycles. The fraction of sp³-hybridized carbons (Fsp3) is 0.400. The molecule has 4 rings (SSSR count). The molecule has 2 aromatic heterocycles. The number of nitrogens with one attached hydrogen (secondary N) is 2. The first-order chi connectivity index (χ1) is 13.4. The lowest BCUT2D eigenvalue weighted by Crippen LogP contribution is -2.36. The van der Waals surface area contributed by atoms with Gasteiger partial charge in [-0.05, 0) is 25.5 Å². The van der Waals surface area contributed by atoms with E-state index in [9.17, 15) is 4.79 Å². The molecule has 1 aromatic carbocycles. The predicted octanol–water partition coefficient (Wildman–Crippen LogP) is 2.50. The lowest BCUT2D eigenvalue weighted by molar-refractivity contribution is -0.129. The summed E-state index contributed by atoms with van der Waals surface area (Å²) in [6.45, 7) is 4.86. The first-order valence-corrected chi connectivity index (χ1v) is 9.46. The largest absolute Gasteiger partial charge is 0.360 e. The van der Waals surface area contributed by atoms with Gasteiger partial charge in [0.05, 0.1) is 29.3 Å². The number of fused-ring (bicyclic) bond motifs is 2. The third-order valence-electron chi connectivity index (χ3n) is 5.07. The highest BCUT2D eigenvalue weighted by molar-refractivity contribution is 5.75. The number of hydrogen-bond acceptors (Lipinski definition) is 6. The van der Waals surface area contributed by atoms with Crippen LogP contribution in [0, 0.1) is 0 Å². The van der Waals surface area contributed by atoms with Crippen molar-refractivity contribution in [3.05, 3.63) is 41.3 Å². The van der Waals surface area contributed by atoms with Crippen LogP contribution in [-0.2, 0) is 17.8 Å². The summed E-state index contributed by atoms with van der Waals surface area (Å²) in [5.41, 5.74) is 3.94. The number of amides is 1. The van der Waals surface area contributed by atoms with Crippen LogP contribution in [0.2, 0.25) is 0 Å². The summed E-state index contributed by atoms with van der Waals surface area (Å²) in [6.07, 6.45) is 0.734. The second kappa shape index (κ2) is 7.10. The van der Waals surface area contributed by atoms with Gasteiger partial charge in [0.25, 0.3) is 0 Å². The average molecular weight is 379 g/mol. The maximum absolute atomic E-state index is 11.8. The van der Waals surface area contributed by atoms with E-state index < -0.39 is 0 Å². The summed E-state index contributed by atoms with van der Waals surface area (Å²) < 4.78 is 0. The van der Waals surface area contributed by atoms with Gasteiger partial charge in [0, 0.05) is 33.1 Å². The van der Waals surface area contributed by atoms with Crippen molar-refractivity contribution >= 4 is 28.7 Å². The van der Waals surface area contributed by atoms with Gasteiger partial charge in [-0.2, -0.15) is 4.98 Å². The van der Waals surface area contributed by atoms with Crippen LogP contribution in [0.1, 0.15) is 37.0 Å². The summed E-state index contributed by atoms with van der Waals surface area (Å²) in [5, 5.41) is 3.51. The van der Waals surface area contributed by atoms with Gasteiger partial charge in [0.2, 0.25) is 11.9 Å². The van der Waals surface area contributed by atoms with Crippen molar-refractivity contribution in [2.45, 2.75) is 32.9 Å². The Labute approximate surface area is 164 Å². The number of anilines is 2. The van der Waals surface area contributed by atoms with Crippen LogP contribution in [0.4, 0.5) is 11.8 Å². The van der Waals surface area contributed by atoms with Gasteiger partial charge >= 0.3 is 0 Å². The second-order valence-corrected chi connectivity index (χ2v) is 7.39. The topological polar surface area (TPSA) is 90.0 Å². The van der Waals surface area contributed by atoms with Gasteiger partial charge in [-0.3, -0.25) is 4.79 Å². The van der Waals surface area contributed by atoms with Crippen LogP contribution in [-0.4, -0.2) is 51.4 Å². The fourth-order valence-electron chi connectivity index (χ4n) is 3.46. The molecule has 28 heavy (non-hydrogen) atoms. The van der Waals surface area contributed by atoms with E-state index in [0.29, 0.717) is 19.0 Å². The van der Waals surface area contributed by atoms with Crippen LogP contribution < -0.4 is 10.2 Å². The summed E-state index contributed by atoms with van der Waals surface area (Å²) >= 11 is 0. The molecule has 0 aliphatic carbocycles. The number of H-pyrrole nitrogens is 1. The molecule has 8 heteroatoms. The first kappa shape index (κ1) is 18.2. The van der Waals surface area contributed by atoms with Gasteiger partial charge in [-0.1, -0.05) is 12.1 Å². The quantitative estimate of drug-likeness (QED) is 0.724. The molecule has 1 aliphatic heterocycles. The molecule has 0 fully saturated rings. The molecular formula is C20H25N7O. The molecule has 0 radical (unpaired) electrons. The zero-order valence-electron chi connectivity index (χ0n) is 16.7. The lowest BCUT2D eigenvalue weighted by atomic mass is 10.0. The Bertz CT molecular complexity index is 994. The number of para-hydroxylation sites is 2. The van der Waals surface area contributed by atoms with Crippen molar-refractivity contribution in [2.24, 2.45) is 0 Å². The highest BCUT2D eigenvalue weighted by Crippen LogP contribution is 2.28. The molecule has 3 heterocycles. The number of hydrogen-bond donors (Lipinski definition) is 2. The van der Waals surface area contributed by atoms with E-state index in [0.717, 1.165) is 40.4 Å². The van der Waals surface area contributed by atoms with Crippen molar-refractivity contribution < 1.29 is 4.79 Å². The van der Waals surface area contributed by atoms with Crippen LogP contribution in [0.15, 0.2) is 24.3 Å². The van der Waals surface area contributed by atoms with Crippen molar-refractivity contribution in [3.8, 4) is 0 Å². The van der Waals surface area contributed by atoms with E-state index in [4.69, 9.17) is 4.98 Å². The molecule has 8 nitrogen and oxygen atoms in total. The smallest absolute Gasteiger partial charge is 0.227 e. The van der Waals surface area contributed by atoms with E-state index in [1.165, 1.54) is 0 Å². The Morgan fingerprint density at radius 1 is 1.25 bits per heavy atom. The van der Waals surface area contributed by atoms with Crippen molar-refractivity contribution in [2.75, 3.05) is 30.9 Å². The molecule has 1 atom stereocenters. The normalized spacial score (nSPS) is 14.6. The number of imidazole rings is 1. The second-order valence-electron chi connectivity index (χ2n) is 7.39. The monoisotopic (exact) mass is 379 g/mol. The molecule has 2 N–H and O–H groups in total. The molecule has 0 bridgehead atoms. The summed E-state index contributed by atoms with van der Waals surface area (Å²) in [7, 11) is 3.83. The number of rotatable bonds is 4. The van der Waals surface area contributed by atoms with Gasteiger partial charge < -0.3 is 20.1 Å². The fourth-order valence-corrected chi connectivity index (χ4v) is 3.46. The van der Waals surface area contributed by atoms with E-state index >= 15 is 0 Å². The molecule has 1 unspecified atom stereocenters. The maximum Gasteiger partial charge on any atom is 0.227 e. The van der Waals surface area contributed by atoms with Gasteiger partial charge in [0.1, 0.15) is 11.6 Å². The standard InChI is InChI=1S/C20H25N7O/c1-12(18-22-15-7-5-6-8-16(15)23-18)21-19-14-9-10-27(13(2)28)11-17(14)24-20(25-19)26(3)4/h5-8,12H,9-11H2,1-4H3,(H,22,23)(H,21,24,25). The number of aromatic amines is 1. The molecular weight excluding hydrogens is 354 g/mol. The Hall–Kier alpha value is -3.16. The maximum atomic E-state index is 11.8. The minimum Gasteiger partial charge on any atom is -0.360 e. The van der Waals surface area contributed by atoms with Crippen LogP contribution >= 0.6 is 0 Å². The van der Waals surface area contributed by atoms with Crippen LogP contribution in [0.3, 0.4) is 0 Å². The van der Waals surface area contributed by atoms with Gasteiger partial charge in [0.15, 0.2) is 0 Å². The number of aromatic nitrogens is 4. The highest BCUT2D eigenvalue weighted by atomic mass is 16.2. The van der Waals surface area contributed by atoms with E-state index in [1.54, 1.807) is 6.92 Å². The van der Waals surface area contributed by atoms with Gasteiger partial charge in [-0.25, -0.2) is 9.97 Å². The van der Waals surface area contributed by atoms with Crippen LogP contribution in [0.25, 0.3) is 11.0 Å². The number of carbonyl (C=O) groups excluding carboxylic acids is 1. The first-order valence-electron chi connectivity index (χ1n) is 9.46. The van der Waals surface area contributed by atoms with E-state index in [2.05, 4.69) is 27.2 Å². The van der Waals surface area contributed by atoms with Crippen molar-refractivity contribution in [1.29, 1.82) is 0 Å². The Kier molecular flexibility index (Phi) is 4.62. The lowest BCUT2D eigenvalue weighted by Gasteiger charge is -2.29. The Balaban J connectivity index is 1.67. The minimum absolute atomic E-state index is 0.0488. The molecule has 0 spiro atoms. The highest BCUT2D eigenvalue weighted by Gasteiger charge is 2.25. The molecule has 1 amide bonds. The SMILES string of the molecule is CC(=O)N1CCc2c(nc(N(C)C)nc2NC(C)c2nc3ccccc3[nH]2)C1. The molecule has 146 valence electrons. The average Bonchev–Trinajstić information content (AvgIpc) is 3.11. The third kappa shape index (κ3) is 3.37. The zero-order chi connectivity index (χ0) is 19.8. The Morgan fingerprint density at radius 2 is 2.04 bits per heavy atom. The number of benzene rings is 1. The summed E-state index contributed by atoms with van der Waals surface area (Å²) in [6, 6.07) is 7.94. The predicted molar refractivity (Wildman–Crippen MR) is 109 cm³/mol. The molecule has 1 aliphatic rings. The van der Waals surface area contributed by atoms with Gasteiger partial charge in [-0.15, -0.1) is 0 Å². The van der Waals surface area contributed by atoms with Crippen molar-refractivity contribution in [1.82, 2.24) is 24.8 Å².